The molecule has 3 aromatic rings. The average molecular weight is 500 g/mol. The fourth-order valence-electron chi connectivity index (χ4n) is 5.50. The third kappa shape index (κ3) is 6.33. The Morgan fingerprint density at radius 2 is 1.44 bits per heavy atom. The minimum Gasteiger partial charge on any atom is -0.325 e. The zero-order chi connectivity index (χ0) is 25.3. The first kappa shape index (κ1) is 25.9. The Balaban J connectivity index is 1.54. The number of rotatable bonds is 10. The van der Waals surface area contributed by atoms with E-state index in [1.165, 1.54) is 16.0 Å². The van der Waals surface area contributed by atoms with Crippen molar-refractivity contribution in [3.63, 3.8) is 0 Å². The van der Waals surface area contributed by atoms with Crippen LogP contribution in [0.15, 0.2) is 91.0 Å². The van der Waals surface area contributed by atoms with Crippen molar-refractivity contribution in [2.75, 3.05) is 6.54 Å². The van der Waals surface area contributed by atoms with Gasteiger partial charge in [-0.2, -0.15) is 0 Å². The average Bonchev–Trinajstić information content (AvgIpc) is 2.93. The van der Waals surface area contributed by atoms with Gasteiger partial charge in [0.05, 0.1) is 0 Å². The SMILES string of the molecule is O=C(C(=O)N1CCCC(C(CCCCc2ccccc2)c2ccccc2)C1C(=O)S)c1ccccc1. The minimum absolute atomic E-state index is 0.0876. The second kappa shape index (κ2) is 12.7. The molecule has 3 atom stereocenters. The van der Waals surface area contributed by atoms with Gasteiger partial charge in [0.2, 0.25) is 10.9 Å². The van der Waals surface area contributed by atoms with E-state index in [0.717, 1.165) is 38.5 Å². The number of carbonyl (C=O) groups excluding carboxylic acids is 3. The first-order chi connectivity index (χ1) is 17.6. The highest BCUT2D eigenvalue weighted by molar-refractivity contribution is 7.96. The Morgan fingerprint density at radius 3 is 2.08 bits per heavy atom. The molecule has 0 saturated carbocycles. The number of thiol groups is 1. The molecule has 0 aliphatic carbocycles. The van der Waals surface area contributed by atoms with Gasteiger partial charge in [0, 0.05) is 12.1 Å². The molecule has 1 saturated heterocycles. The van der Waals surface area contributed by atoms with Gasteiger partial charge in [-0.1, -0.05) is 97.4 Å². The summed E-state index contributed by atoms with van der Waals surface area (Å²) < 4.78 is 0. The molecule has 1 aliphatic rings. The number of hydrogen-bond acceptors (Lipinski definition) is 3. The molecule has 0 radical (unpaired) electrons. The zero-order valence-corrected chi connectivity index (χ0v) is 21.4. The summed E-state index contributed by atoms with van der Waals surface area (Å²) >= 11 is 4.23. The van der Waals surface area contributed by atoms with Crippen LogP contribution >= 0.6 is 12.6 Å². The van der Waals surface area contributed by atoms with Crippen molar-refractivity contribution in [2.45, 2.75) is 50.5 Å². The molecule has 0 spiro atoms. The molecule has 4 nitrogen and oxygen atoms in total. The fourth-order valence-corrected chi connectivity index (χ4v) is 5.83. The molecular formula is C31H33NO3S. The van der Waals surface area contributed by atoms with Gasteiger partial charge in [0.25, 0.3) is 5.91 Å². The van der Waals surface area contributed by atoms with Gasteiger partial charge < -0.3 is 4.90 Å². The van der Waals surface area contributed by atoms with Crippen molar-refractivity contribution in [1.29, 1.82) is 0 Å². The van der Waals surface area contributed by atoms with E-state index >= 15 is 0 Å². The van der Waals surface area contributed by atoms with E-state index in [4.69, 9.17) is 0 Å². The maximum absolute atomic E-state index is 13.3. The molecule has 0 N–H and O–H groups in total. The highest BCUT2D eigenvalue weighted by Crippen LogP contribution is 2.40. The Kier molecular flexibility index (Phi) is 9.12. The van der Waals surface area contributed by atoms with Crippen LogP contribution in [-0.4, -0.2) is 34.3 Å². The van der Waals surface area contributed by atoms with Gasteiger partial charge in [0.15, 0.2) is 0 Å². The van der Waals surface area contributed by atoms with Gasteiger partial charge in [-0.25, -0.2) is 0 Å². The predicted octanol–water partition coefficient (Wildman–Crippen LogP) is 6.13. The number of piperidine rings is 1. The van der Waals surface area contributed by atoms with Crippen LogP contribution in [0.25, 0.3) is 0 Å². The van der Waals surface area contributed by atoms with Crippen LogP contribution in [0.5, 0.6) is 0 Å². The van der Waals surface area contributed by atoms with Crippen LogP contribution in [0.4, 0.5) is 0 Å². The Hall–Kier alpha value is -3.18. The van der Waals surface area contributed by atoms with E-state index in [-0.39, 0.29) is 17.0 Å². The number of carbonyl (C=O) groups is 3. The van der Waals surface area contributed by atoms with Crippen LogP contribution in [0, 0.1) is 5.92 Å². The first-order valence-electron chi connectivity index (χ1n) is 12.8. The van der Waals surface area contributed by atoms with Gasteiger partial charge in [-0.3, -0.25) is 14.4 Å². The van der Waals surface area contributed by atoms with Crippen LogP contribution in [0.1, 0.15) is 59.5 Å². The van der Waals surface area contributed by atoms with Crippen molar-refractivity contribution in [3.8, 4) is 0 Å². The molecule has 1 fully saturated rings. The van der Waals surface area contributed by atoms with E-state index in [0.29, 0.717) is 12.1 Å². The largest absolute Gasteiger partial charge is 0.325 e. The number of unbranched alkanes of at least 4 members (excludes halogenated alkanes) is 1. The van der Waals surface area contributed by atoms with E-state index in [2.05, 4.69) is 49.0 Å². The first-order valence-corrected chi connectivity index (χ1v) is 13.2. The van der Waals surface area contributed by atoms with Crippen molar-refractivity contribution >= 4 is 29.4 Å². The van der Waals surface area contributed by atoms with Gasteiger partial charge >= 0.3 is 0 Å². The molecular weight excluding hydrogens is 466 g/mol. The summed E-state index contributed by atoms with van der Waals surface area (Å²) in [5.74, 6) is -1.18. The molecule has 0 bridgehead atoms. The third-order valence-electron chi connectivity index (χ3n) is 7.24. The minimum atomic E-state index is -0.721. The highest BCUT2D eigenvalue weighted by atomic mass is 32.1. The maximum Gasteiger partial charge on any atom is 0.295 e. The Morgan fingerprint density at radius 1 is 0.833 bits per heavy atom. The van der Waals surface area contributed by atoms with E-state index in [9.17, 15) is 14.4 Å². The molecule has 36 heavy (non-hydrogen) atoms. The summed E-state index contributed by atoms with van der Waals surface area (Å²) in [7, 11) is 0. The lowest BCUT2D eigenvalue weighted by Gasteiger charge is -2.43. The zero-order valence-electron chi connectivity index (χ0n) is 20.5. The molecule has 1 amide bonds. The second-order valence-corrected chi connectivity index (χ2v) is 9.97. The molecule has 1 heterocycles. The lowest BCUT2D eigenvalue weighted by molar-refractivity contribution is -0.137. The number of Topliss-reactive ketones (excluding diaryl/α,β-unsaturated/α-hetero) is 1. The quantitative estimate of drug-likeness (QED) is 0.158. The monoisotopic (exact) mass is 499 g/mol. The van der Waals surface area contributed by atoms with E-state index in [1.54, 1.807) is 30.3 Å². The third-order valence-corrected chi connectivity index (χ3v) is 7.50. The summed E-state index contributed by atoms with van der Waals surface area (Å²) in [6.07, 6.45) is 5.55. The smallest absolute Gasteiger partial charge is 0.295 e. The lowest BCUT2D eigenvalue weighted by atomic mass is 9.74. The van der Waals surface area contributed by atoms with Crippen LogP contribution in [-0.2, 0) is 16.0 Å². The highest BCUT2D eigenvalue weighted by Gasteiger charge is 2.43. The van der Waals surface area contributed by atoms with Gasteiger partial charge in [-0.05, 0) is 55.1 Å². The summed E-state index contributed by atoms with van der Waals surface area (Å²) in [5, 5.41) is -0.348. The van der Waals surface area contributed by atoms with Crippen molar-refractivity contribution in [3.05, 3.63) is 108 Å². The van der Waals surface area contributed by atoms with Crippen molar-refractivity contribution in [2.24, 2.45) is 5.92 Å². The van der Waals surface area contributed by atoms with E-state index < -0.39 is 17.7 Å². The normalized spacial score (nSPS) is 18.4. The molecule has 3 aromatic carbocycles. The Bertz CT molecular complexity index is 1150. The number of hydrogen-bond donors (Lipinski definition) is 1. The standard InChI is InChI=1S/C31H33NO3S/c33-29(25-18-8-3-9-19-25)30(34)32-22-12-21-27(28(32)31(35)36)26(24-16-6-2-7-17-24)20-11-10-15-23-13-4-1-5-14-23/h1-9,13-14,16-19,26-28H,10-12,15,20-22H2,(H,35,36). The predicted molar refractivity (Wildman–Crippen MR) is 146 cm³/mol. The van der Waals surface area contributed by atoms with Crippen LogP contribution in [0.3, 0.4) is 0 Å². The Labute approximate surface area is 219 Å². The van der Waals surface area contributed by atoms with Crippen LogP contribution < -0.4 is 0 Å². The molecule has 1 aliphatic heterocycles. The topological polar surface area (TPSA) is 54.5 Å². The molecule has 3 unspecified atom stereocenters. The van der Waals surface area contributed by atoms with Crippen molar-refractivity contribution in [1.82, 2.24) is 4.90 Å². The number of ketones is 1. The number of amides is 1. The summed E-state index contributed by atoms with van der Waals surface area (Å²) in [4.78, 5) is 40.7. The summed E-state index contributed by atoms with van der Waals surface area (Å²) in [6.45, 7) is 0.389. The molecule has 5 heteroatoms. The molecule has 4 rings (SSSR count). The lowest BCUT2D eigenvalue weighted by Crippen LogP contribution is -2.54. The van der Waals surface area contributed by atoms with Crippen molar-refractivity contribution < 1.29 is 14.4 Å². The number of aryl methyl sites for hydroxylation is 1. The molecule has 0 aromatic heterocycles. The van der Waals surface area contributed by atoms with Gasteiger partial charge in [0.1, 0.15) is 6.04 Å². The number of nitrogens with zero attached hydrogens (tertiary/aromatic N) is 1. The maximum atomic E-state index is 13.3. The van der Waals surface area contributed by atoms with Crippen LogP contribution in [0.2, 0.25) is 0 Å². The number of likely N-dealkylation sites (tertiary alicyclic amines) is 1. The fraction of sp³-hybridized carbons (Fsp3) is 0.323. The molecule has 186 valence electrons. The second-order valence-electron chi connectivity index (χ2n) is 9.53. The summed E-state index contributed by atoms with van der Waals surface area (Å²) in [6, 6.07) is 28.6. The summed E-state index contributed by atoms with van der Waals surface area (Å²) in [5.41, 5.74) is 2.84. The van der Waals surface area contributed by atoms with E-state index in [1.807, 2.05) is 24.3 Å². The number of benzene rings is 3. The van der Waals surface area contributed by atoms with Gasteiger partial charge in [-0.15, -0.1) is 12.6 Å².